The molecule has 4 saturated carbocycles. The van der Waals surface area contributed by atoms with Crippen LogP contribution in [0.5, 0.6) is 0 Å². The highest BCUT2D eigenvalue weighted by Crippen LogP contribution is 2.65. The maximum Gasteiger partial charge on any atom is 0.0576 e. The average molecular weight is 304 g/mol. The van der Waals surface area contributed by atoms with Gasteiger partial charge in [-0.25, -0.2) is 0 Å². The summed E-state index contributed by atoms with van der Waals surface area (Å²) in [5.41, 5.74) is 1.85. The molecule has 0 aliphatic heterocycles. The van der Waals surface area contributed by atoms with Crippen molar-refractivity contribution in [3.8, 4) is 0 Å². The predicted octanol–water partition coefficient (Wildman–Crippen LogP) is 3.70. The van der Waals surface area contributed by atoms with Crippen molar-refractivity contribution >= 4 is 5.71 Å². The fourth-order valence-corrected chi connectivity index (χ4v) is 7.36. The highest BCUT2D eigenvalue weighted by Gasteiger charge is 2.60. The van der Waals surface area contributed by atoms with Crippen LogP contribution in [0.2, 0.25) is 0 Å². The topological polar surface area (TPSA) is 58.6 Å². The van der Waals surface area contributed by atoms with Crippen LogP contribution in [0, 0.1) is 34.5 Å². The van der Waals surface area contributed by atoms with E-state index in [1.807, 2.05) is 0 Å². The van der Waals surface area contributed by atoms with Gasteiger partial charge in [0.2, 0.25) is 0 Å². The lowest BCUT2D eigenvalue weighted by molar-refractivity contribution is -0.147. The first-order valence-corrected chi connectivity index (χ1v) is 9.46. The van der Waals surface area contributed by atoms with E-state index in [1.165, 1.54) is 50.7 Å². The van der Waals surface area contributed by atoms with E-state index >= 15 is 0 Å². The van der Waals surface area contributed by atoms with Crippen LogP contribution < -0.4 is 5.84 Å². The van der Waals surface area contributed by atoms with Gasteiger partial charge in [0.15, 0.2) is 0 Å². The highest BCUT2D eigenvalue weighted by atomic mass is 16.3. The van der Waals surface area contributed by atoms with Crippen molar-refractivity contribution in [3.05, 3.63) is 0 Å². The summed E-state index contributed by atoms with van der Waals surface area (Å²) in [6.07, 6.45) is 11.1. The normalized spacial score (nSPS) is 56.3. The zero-order valence-electron chi connectivity index (χ0n) is 14.2. The first-order chi connectivity index (χ1) is 10.5. The van der Waals surface area contributed by atoms with Gasteiger partial charge in [-0.05, 0) is 74.0 Å². The first-order valence-electron chi connectivity index (χ1n) is 9.46. The van der Waals surface area contributed by atoms with Crippen molar-refractivity contribution in [1.82, 2.24) is 0 Å². The lowest BCUT2D eigenvalue weighted by Gasteiger charge is -2.61. The van der Waals surface area contributed by atoms with Gasteiger partial charge in [0, 0.05) is 11.1 Å². The van der Waals surface area contributed by atoms with E-state index in [4.69, 9.17) is 5.84 Å². The van der Waals surface area contributed by atoms with Gasteiger partial charge in [-0.2, -0.15) is 5.10 Å². The lowest BCUT2D eigenvalue weighted by atomic mass is 9.44. The third-order valence-corrected chi connectivity index (χ3v) is 8.49. The van der Waals surface area contributed by atoms with E-state index in [1.54, 1.807) is 0 Å². The monoisotopic (exact) mass is 304 g/mol. The molecular weight excluding hydrogens is 272 g/mol. The van der Waals surface area contributed by atoms with Gasteiger partial charge in [0.05, 0.1) is 6.10 Å². The summed E-state index contributed by atoms with van der Waals surface area (Å²) in [6.45, 7) is 4.90. The zero-order valence-corrected chi connectivity index (χ0v) is 14.2. The van der Waals surface area contributed by atoms with Crippen LogP contribution in [-0.4, -0.2) is 16.9 Å². The van der Waals surface area contributed by atoms with E-state index in [9.17, 15) is 5.11 Å². The highest BCUT2D eigenvalue weighted by molar-refractivity contribution is 5.92. The Kier molecular flexibility index (Phi) is 3.38. The minimum absolute atomic E-state index is 0.0761. The molecule has 4 fully saturated rings. The Hall–Kier alpha value is -0.570. The summed E-state index contributed by atoms with van der Waals surface area (Å²) in [7, 11) is 0. The third-order valence-electron chi connectivity index (χ3n) is 8.49. The van der Waals surface area contributed by atoms with E-state index in [2.05, 4.69) is 18.9 Å². The van der Waals surface area contributed by atoms with Crippen LogP contribution in [0.3, 0.4) is 0 Å². The minimum Gasteiger partial charge on any atom is -0.393 e. The second kappa shape index (κ2) is 4.96. The molecule has 4 aliphatic carbocycles. The molecule has 4 aliphatic rings. The fraction of sp³-hybridized carbons (Fsp3) is 0.947. The molecule has 0 spiro atoms. The van der Waals surface area contributed by atoms with Crippen LogP contribution in [0.1, 0.15) is 71.6 Å². The maximum atomic E-state index is 10.9. The van der Waals surface area contributed by atoms with Crippen molar-refractivity contribution < 1.29 is 5.11 Å². The number of hydrazone groups is 1. The molecule has 2 unspecified atom stereocenters. The Labute approximate surface area is 134 Å². The molecule has 0 radical (unpaired) electrons. The Morgan fingerprint density at radius 3 is 2.64 bits per heavy atom. The smallest absolute Gasteiger partial charge is 0.0576 e. The Morgan fingerprint density at radius 2 is 1.86 bits per heavy atom. The van der Waals surface area contributed by atoms with Crippen LogP contribution in [0.15, 0.2) is 5.10 Å². The van der Waals surface area contributed by atoms with Crippen molar-refractivity contribution in [3.63, 3.8) is 0 Å². The van der Waals surface area contributed by atoms with Crippen molar-refractivity contribution in [2.45, 2.75) is 77.7 Å². The molecule has 0 amide bonds. The standard InChI is InChI=1S/C19H32N2O/c1-18-9-4-3-5-15(18)16(22)11-12-13-6-7-17(21-20)19(13,2)10-8-14(12)18/h12-16,22H,3-11,20H2,1-2H3/b21-17-/t12-,13-,14-,15?,16?,18+,19-/m0/s1. The van der Waals surface area contributed by atoms with Crippen molar-refractivity contribution in [1.29, 1.82) is 0 Å². The molecule has 0 aromatic rings. The van der Waals surface area contributed by atoms with E-state index < -0.39 is 0 Å². The number of rotatable bonds is 0. The number of nitrogens with two attached hydrogens (primary N) is 1. The van der Waals surface area contributed by atoms with Gasteiger partial charge in [-0.15, -0.1) is 0 Å². The van der Waals surface area contributed by atoms with Crippen LogP contribution >= 0.6 is 0 Å². The van der Waals surface area contributed by atoms with Crippen LogP contribution in [0.4, 0.5) is 0 Å². The number of aliphatic hydroxyl groups excluding tert-OH is 1. The first kappa shape index (κ1) is 15.0. The van der Waals surface area contributed by atoms with Gasteiger partial charge in [0.25, 0.3) is 0 Å². The summed E-state index contributed by atoms with van der Waals surface area (Å²) >= 11 is 0. The van der Waals surface area contributed by atoms with Gasteiger partial charge < -0.3 is 10.9 Å². The molecule has 124 valence electrons. The molecule has 4 rings (SSSR count). The summed E-state index contributed by atoms with van der Waals surface area (Å²) in [5, 5.41) is 15.0. The van der Waals surface area contributed by atoms with Crippen molar-refractivity contribution in [2.75, 3.05) is 0 Å². The third kappa shape index (κ3) is 1.81. The SMILES string of the molecule is C[C@]12CCCCC1C(O)C[C@@H]1[C@@H]2CC[C@]2(C)/C(=N\N)CC[C@@H]12. The summed E-state index contributed by atoms with van der Waals surface area (Å²) in [6, 6.07) is 0. The van der Waals surface area contributed by atoms with Gasteiger partial charge >= 0.3 is 0 Å². The van der Waals surface area contributed by atoms with E-state index in [0.717, 1.165) is 18.8 Å². The molecule has 7 atom stereocenters. The predicted molar refractivity (Wildman–Crippen MR) is 89.4 cm³/mol. The molecule has 0 aromatic heterocycles. The van der Waals surface area contributed by atoms with E-state index in [-0.39, 0.29) is 11.5 Å². The van der Waals surface area contributed by atoms with E-state index in [0.29, 0.717) is 23.2 Å². The molecule has 3 heteroatoms. The fourth-order valence-electron chi connectivity index (χ4n) is 7.36. The summed E-state index contributed by atoms with van der Waals surface area (Å²) in [4.78, 5) is 0. The van der Waals surface area contributed by atoms with Crippen LogP contribution in [0.25, 0.3) is 0 Å². The second-order valence-corrected chi connectivity index (χ2v) is 9.11. The van der Waals surface area contributed by atoms with Gasteiger partial charge in [-0.1, -0.05) is 26.7 Å². The van der Waals surface area contributed by atoms with Gasteiger partial charge in [-0.3, -0.25) is 0 Å². The lowest BCUT2D eigenvalue weighted by Crippen LogP contribution is -2.57. The molecule has 3 nitrogen and oxygen atoms in total. The molecule has 0 heterocycles. The zero-order chi connectivity index (χ0) is 15.5. The summed E-state index contributed by atoms with van der Waals surface area (Å²) in [5.74, 6) is 8.44. The molecule has 0 aromatic carbocycles. The minimum atomic E-state index is -0.0761. The number of hydrogen-bond donors (Lipinski definition) is 2. The Bertz CT molecular complexity index is 490. The number of hydrogen-bond acceptors (Lipinski definition) is 3. The number of nitrogens with zero attached hydrogens (tertiary/aromatic N) is 1. The Morgan fingerprint density at radius 1 is 1.05 bits per heavy atom. The van der Waals surface area contributed by atoms with Crippen molar-refractivity contribution in [2.24, 2.45) is 45.4 Å². The maximum absolute atomic E-state index is 10.9. The average Bonchev–Trinajstić information content (AvgIpc) is 2.84. The largest absolute Gasteiger partial charge is 0.393 e. The quantitative estimate of drug-likeness (QED) is 0.529. The molecule has 3 N–H and O–H groups in total. The molecule has 0 saturated heterocycles. The second-order valence-electron chi connectivity index (χ2n) is 9.11. The molecule has 0 bridgehead atoms. The number of fused-ring (bicyclic) bond motifs is 5. The Balaban J connectivity index is 1.69. The summed E-state index contributed by atoms with van der Waals surface area (Å²) < 4.78 is 0. The number of aliphatic hydroxyl groups is 1. The van der Waals surface area contributed by atoms with Crippen LogP contribution in [-0.2, 0) is 0 Å². The molecular formula is C19H32N2O. The van der Waals surface area contributed by atoms with Gasteiger partial charge in [0.1, 0.15) is 0 Å². The molecule has 22 heavy (non-hydrogen) atoms.